The van der Waals surface area contributed by atoms with Crippen LogP contribution in [0.5, 0.6) is 0 Å². The van der Waals surface area contributed by atoms with Crippen molar-refractivity contribution in [2.75, 3.05) is 41.4 Å². The Kier molecular flexibility index (Phi) is 18.4. The molecule has 1 unspecified atom stereocenters. The zero-order valence-electron chi connectivity index (χ0n) is 37.6. The van der Waals surface area contributed by atoms with Gasteiger partial charge in [0, 0.05) is 51.1 Å². The lowest BCUT2D eigenvalue weighted by atomic mass is 9.77. The van der Waals surface area contributed by atoms with Gasteiger partial charge < -0.3 is 68.5 Å². The molecule has 0 saturated carbocycles. The Bertz CT molecular complexity index is 1300. The Hall–Kier alpha value is -1.54. The highest BCUT2D eigenvalue weighted by Crippen LogP contribution is 2.41. The summed E-state index contributed by atoms with van der Waals surface area (Å²) in [6, 6.07) is -0.847. The number of carbonyl (C=O) groups excluding carboxylic acids is 1. The summed E-state index contributed by atoms with van der Waals surface area (Å²) in [4.78, 5) is 29.3. The van der Waals surface area contributed by atoms with Crippen LogP contribution in [0.25, 0.3) is 0 Å². The van der Waals surface area contributed by atoms with Crippen molar-refractivity contribution in [3.63, 3.8) is 0 Å². The molecule has 16 heteroatoms. The number of rotatable bonds is 12. The highest BCUT2D eigenvalue weighted by molar-refractivity contribution is 5.73. The summed E-state index contributed by atoms with van der Waals surface area (Å²) < 4.78 is 44.5. The van der Waals surface area contributed by atoms with E-state index in [1.54, 1.807) is 34.8 Å². The molecule has 0 aromatic rings. The molecule has 18 atom stereocenters. The van der Waals surface area contributed by atoms with Gasteiger partial charge in [0.1, 0.15) is 30.0 Å². The number of hydrogen-bond acceptors (Lipinski definition) is 15. The summed E-state index contributed by atoms with van der Waals surface area (Å²) in [5, 5.41) is 56.7. The Morgan fingerprint density at radius 1 is 0.983 bits per heavy atom. The zero-order chi connectivity index (χ0) is 44.1. The second-order valence-corrected chi connectivity index (χ2v) is 18.5. The number of carboxylic acid groups (broad SMARTS) is 1. The van der Waals surface area contributed by atoms with E-state index in [4.69, 9.17) is 38.3 Å². The molecule has 58 heavy (non-hydrogen) atoms. The van der Waals surface area contributed by atoms with E-state index in [9.17, 15) is 30.0 Å². The second kappa shape index (κ2) is 21.0. The summed E-state index contributed by atoms with van der Waals surface area (Å²) in [5.41, 5.74) is -4.36. The van der Waals surface area contributed by atoms with Crippen molar-refractivity contribution >= 4 is 11.9 Å². The van der Waals surface area contributed by atoms with Crippen LogP contribution in [0, 0.1) is 17.8 Å². The van der Waals surface area contributed by atoms with E-state index in [2.05, 4.69) is 0 Å². The molecule has 340 valence electrons. The van der Waals surface area contributed by atoms with Crippen LogP contribution in [0.4, 0.5) is 0 Å². The number of carbonyl (C=O) groups is 2. The topological polar surface area (TPSA) is 206 Å². The normalized spacial score (nSPS) is 45.6. The van der Waals surface area contributed by atoms with Crippen molar-refractivity contribution in [2.45, 2.75) is 198 Å². The van der Waals surface area contributed by atoms with Crippen LogP contribution >= 0.6 is 0 Å². The van der Waals surface area contributed by atoms with Gasteiger partial charge in [-0.3, -0.25) is 9.59 Å². The molecule has 0 aliphatic carbocycles. The van der Waals surface area contributed by atoms with Crippen molar-refractivity contribution < 1.29 is 68.3 Å². The minimum Gasteiger partial charge on any atom is -0.481 e. The van der Waals surface area contributed by atoms with Gasteiger partial charge in [-0.2, -0.15) is 0 Å². The number of aliphatic hydroxyl groups is 4. The van der Waals surface area contributed by atoms with Crippen LogP contribution in [-0.4, -0.2) is 179 Å². The number of aliphatic carboxylic acids is 1. The van der Waals surface area contributed by atoms with Gasteiger partial charge in [-0.25, -0.2) is 0 Å². The molecule has 3 aliphatic rings. The van der Waals surface area contributed by atoms with Gasteiger partial charge in [0.05, 0.1) is 41.5 Å². The van der Waals surface area contributed by atoms with Crippen molar-refractivity contribution in [1.82, 2.24) is 9.80 Å². The average molecular weight is 835 g/mol. The van der Waals surface area contributed by atoms with E-state index in [0.29, 0.717) is 19.4 Å². The monoisotopic (exact) mass is 835 g/mol. The lowest BCUT2D eigenvalue weighted by Crippen LogP contribution is -2.61. The first-order valence-corrected chi connectivity index (χ1v) is 21.2. The van der Waals surface area contributed by atoms with Crippen LogP contribution < -0.4 is 0 Å². The number of methoxy groups -OCH3 is 1. The fourth-order valence-corrected chi connectivity index (χ4v) is 9.47. The standard InChI is InChI=1S/C42H78N2O14/c1-15-30-42(10,51)35(48)27(6)44(13)22-23(2)20-40(8,50)36(58-39-33(47)29(43(11)12)19-24(3)54-39)25(4)34(26(5)38(49)56-30)57-32-21-41(9,52-14)37(28(7)55-32)53-18-16-17-31(45)46/h23-30,32-37,39,47-48,50-51H,15-22H2,1-14H3,(H,45,46)/t23-,24-,25+,26-,27-,28+,29+,30-,32?,33-,34+,35+,36-,37+,39+,40-,41-,42-/m1/s1. The molecule has 3 saturated heterocycles. The summed E-state index contributed by atoms with van der Waals surface area (Å²) >= 11 is 0. The molecular formula is C42H78N2O14. The number of hydrogen-bond donors (Lipinski definition) is 5. The Balaban J connectivity index is 2.14. The second-order valence-electron chi connectivity index (χ2n) is 18.5. The Morgan fingerprint density at radius 2 is 1.62 bits per heavy atom. The first kappa shape index (κ1) is 50.8. The van der Waals surface area contributed by atoms with Crippen LogP contribution in [-0.2, 0) is 42.7 Å². The molecule has 0 radical (unpaired) electrons. The first-order chi connectivity index (χ1) is 26.8. The van der Waals surface area contributed by atoms with E-state index in [-0.39, 0.29) is 50.4 Å². The smallest absolute Gasteiger partial charge is 0.311 e. The maximum absolute atomic E-state index is 14.4. The van der Waals surface area contributed by atoms with Crippen molar-refractivity contribution in [1.29, 1.82) is 0 Å². The zero-order valence-corrected chi connectivity index (χ0v) is 37.6. The van der Waals surface area contributed by atoms with E-state index >= 15 is 0 Å². The molecule has 0 aromatic heterocycles. The van der Waals surface area contributed by atoms with Crippen LogP contribution in [0.15, 0.2) is 0 Å². The van der Waals surface area contributed by atoms with Gasteiger partial charge in [-0.1, -0.05) is 20.8 Å². The molecule has 0 aromatic carbocycles. The largest absolute Gasteiger partial charge is 0.481 e. The maximum atomic E-state index is 14.4. The molecule has 3 fully saturated rings. The van der Waals surface area contributed by atoms with E-state index < -0.39 is 102 Å². The summed E-state index contributed by atoms with van der Waals surface area (Å²) in [6.45, 7) is 18.4. The van der Waals surface area contributed by atoms with E-state index in [1.807, 2.05) is 65.6 Å². The number of aliphatic hydroxyl groups excluding tert-OH is 2. The van der Waals surface area contributed by atoms with Crippen molar-refractivity contribution in [2.24, 2.45) is 17.8 Å². The first-order valence-electron chi connectivity index (χ1n) is 21.2. The van der Waals surface area contributed by atoms with Crippen molar-refractivity contribution in [3.8, 4) is 0 Å². The maximum Gasteiger partial charge on any atom is 0.311 e. The number of cyclic esters (lactones) is 1. The van der Waals surface area contributed by atoms with Crippen LogP contribution in [0.1, 0.15) is 108 Å². The Labute approximate surface area is 346 Å². The van der Waals surface area contributed by atoms with Crippen molar-refractivity contribution in [3.05, 3.63) is 0 Å². The van der Waals surface area contributed by atoms with Gasteiger partial charge in [0.2, 0.25) is 0 Å². The van der Waals surface area contributed by atoms with Gasteiger partial charge in [0.15, 0.2) is 12.6 Å². The highest BCUT2D eigenvalue weighted by Gasteiger charge is 2.53. The number of esters is 1. The molecule has 0 spiro atoms. The van der Waals surface area contributed by atoms with Gasteiger partial charge in [-0.05, 0) is 101 Å². The fraction of sp³-hybridized carbons (Fsp3) is 0.952. The average Bonchev–Trinajstić information content (AvgIpc) is 3.13. The minimum atomic E-state index is -1.82. The number of nitrogens with zero attached hydrogens (tertiary/aromatic N) is 2. The summed E-state index contributed by atoms with van der Waals surface area (Å²) in [6.07, 6.45) is -7.68. The predicted molar refractivity (Wildman–Crippen MR) is 215 cm³/mol. The van der Waals surface area contributed by atoms with Gasteiger partial charge >= 0.3 is 11.9 Å². The molecule has 0 bridgehead atoms. The third-order valence-electron chi connectivity index (χ3n) is 13.0. The predicted octanol–water partition coefficient (Wildman–Crippen LogP) is 2.79. The summed E-state index contributed by atoms with van der Waals surface area (Å²) in [5.74, 6) is -3.60. The molecule has 3 aliphatic heterocycles. The highest BCUT2D eigenvalue weighted by atomic mass is 16.7. The molecule has 0 amide bonds. The van der Waals surface area contributed by atoms with Gasteiger partial charge in [-0.15, -0.1) is 0 Å². The molecular weight excluding hydrogens is 756 g/mol. The van der Waals surface area contributed by atoms with Gasteiger partial charge in [0.25, 0.3) is 0 Å². The number of ether oxygens (including phenoxy) is 7. The molecule has 16 nitrogen and oxygen atoms in total. The summed E-state index contributed by atoms with van der Waals surface area (Å²) in [7, 11) is 7.15. The number of likely N-dealkylation sites (N-methyl/N-ethyl adjacent to an activating group) is 2. The molecule has 3 heterocycles. The SMILES string of the molecule is CC[C@H]1OC(=O)[C@H](C)[C@@H](OC2C[C@@](C)(OC)[C@@H](OCCCC(=O)O)[C@H](C)O2)[C@H](C)[C@@H](O[C@@H]2O[C@H](C)C[C@H](N(C)C)[C@H]2O)[C@](C)(O)C[C@@H](C)CN(C)[C@H](C)[C@H](O)[C@]1(C)O. The quantitative estimate of drug-likeness (QED) is 0.142. The lowest BCUT2D eigenvalue weighted by molar-refractivity contribution is -0.320. The van der Waals surface area contributed by atoms with E-state index in [1.165, 1.54) is 6.92 Å². The Morgan fingerprint density at radius 3 is 2.19 bits per heavy atom. The number of carboxylic acids is 1. The van der Waals surface area contributed by atoms with E-state index in [0.717, 1.165) is 0 Å². The fourth-order valence-electron chi connectivity index (χ4n) is 9.47. The van der Waals surface area contributed by atoms with Crippen LogP contribution in [0.2, 0.25) is 0 Å². The molecule has 5 N–H and O–H groups in total. The van der Waals surface area contributed by atoms with Crippen LogP contribution in [0.3, 0.4) is 0 Å². The third-order valence-corrected chi connectivity index (χ3v) is 13.0. The lowest BCUT2D eigenvalue weighted by Gasteiger charge is -2.49. The minimum absolute atomic E-state index is 0.0443. The third kappa shape index (κ3) is 12.3. The molecule has 3 rings (SSSR count).